The second kappa shape index (κ2) is 10.2. The van der Waals surface area contributed by atoms with Gasteiger partial charge in [0.15, 0.2) is 16.7 Å². The van der Waals surface area contributed by atoms with Crippen molar-refractivity contribution in [1.82, 2.24) is 9.55 Å². The van der Waals surface area contributed by atoms with Crippen LogP contribution in [0.1, 0.15) is 11.3 Å². The van der Waals surface area contributed by atoms with Crippen LogP contribution in [-0.2, 0) is 17.4 Å². The van der Waals surface area contributed by atoms with Crippen molar-refractivity contribution in [2.75, 3.05) is 31.0 Å². The van der Waals surface area contributed by atoms with Crippen LogP contribution < -0.4 is 20.3 Å². The molecule has 0 aliphatic carbocycles. The average molecular weight is 524 g/mol. The summed E-state index contributed by atoms with van der Waals surface area (Å²) in [5, 5.41) is 2.89. The smallest absolute Gasteiger partial charge is 0.416 e. The lowest BCUT2D eigenvalue weighted by atomic mass is 10.2. The predicted molar refractivity (Wildman–Crippen MR) is 128 cm³/mol. The summed E-state index contributed by atoms with van der Waals surface area (Å²) in [4.78, 5) is 31.0. The maximum absolute atomic E-state index is 13.3. The lowest BCUT2D eigenvalue weighted by Gasteiger charge is -2.15. The van der Waals surface area contributed by atoms with Crippen LogP contribution in [0.3, 0.4) is 0 Å². The Kier molecular flexibility index (Phi) is 7.31. The largest absolute Gasteiger partial charge is 0.493 e. The third-order valence-corrected chi connectivity index (χ3v) is 7.17. The molecule has 0 bridgehead atoms. The van der Waals surface area contributed by atoms with E-state index in [4.69, 9.17) is 9.47 Å². The van der Waals surface area contributed by atoms with Gasteiger partial charge in [-0.1, -0.05) is 11.8 Å². The second-order valence-corrected chi connectivity index (χ2v) is 9.41. The van der Waals surface area contributed by atoms with Gasteiger partial charge in [-0.3, -0.25) is 14.2 Å². The zero-order valence-corrected chi connectivity index (χ0v) is 20.3. The molecule has 1 aliphatic heterocycles. The minimum absolute atomic E-state index is 0.104. The van der Waals surface area contributed by atoms with Crippen molar-refractivity contribution in [1.29, 1.82) is 0 Å². The van der Waals surface area contributed by atoms with E-state index in [1.54, 1.807) is 18.2 Å². The van der Waals surface area contributed by atoms with E-state index in [0.29, 0.717) is 39.4 Å². The highest BCUT2D eigenvalue weighted by molar-refractivity contribution is 8.00. The molecule has 1 amide bonds. The van der Waals surface area contributed by atoms with E-state index in [9.17, 15) is 22.8 Å². The normalized spacial score (nSPS) is 12.8. The average Bonchev–Trinajstić information content (AvgIpc) is 3.31. The zero-order valence-electron chi connectivity index (χ0n) is 18.6. The number of benzene rings is 2. The number of alkyl halides is 3. The third-order valence-electron chi connectivity index (χ3n) is 5.12. The van der Waals surface area contributed by atoms with Gasteiger partial charge < -0.3 is 14.8 Å². The van der Waals surface area contributed by atoms with E-state index in [2.05, 4.69) is 10.3 Å². The summed E-state index contributed by atoms with van der Waals surface area (Å²) in [6.07, 6.45) is -3.81. The number of aryl methyl sites for hydroxylation is 1. The fourth-order valence-corrected chi connectivity index (χ4v) is 5.30. The van der Waals surface area contributed by atoms with Gasteiger partial charge in [-0.2, -0.15) is 13.2 Å². The monoisotopic (exact) mass is 523 g/mol. The number of nitrogens with zero attached hydrogens (tertiary/aromatic N) is 2. The number of nitrogens with one attached hydrogen (secondary N) is 1. The van der Waals surface area contributed by atoms with Crippen LogP contribution in [0, 0.1) is 0 Å². The molecular weight excluding hydrogens is 503 g/mol. The highest BCUT2D eigenvalue weighted by Gasteiger charge is 2.30. The van der Waals surface area contributed by atoms with E-state index < -0.39 is 17.6 Å². The van der Waals surface area contributed by atoms with Gasteiger partial charge in [-0.25, -0.2) is 4.98 Å². The van der Waals surface area contributed by atoms with E-state index in [-0.39, 0.29) is 17.0 Å². The number of aromatic nitrogens is 2. The van der Waals surface area contributed by atoms with Gasteiger partial charge in [-0.15, -0.1) is 11.8 Å². The van der Waals surface area contributed by atoms with Gasteiger partial charge in [0.05, 0.1) is 41.8 Å². The highest BCUT2D eigenvalue weighted by Crippen LogP contribution is 2.33. The van der Waals surface area contributed by atoms with E-state index in [1.165, 1.54) is 42.7 Å². The molecule has 2 aromatic carbocycles. The minimum Gasteiger partial charge on any atom is -0.493 e. The first-order chi connectivity index (χ1) is 16.7. The van der Waals surface area contributed by atoms with Crippen LogP contribution in [0.15, 0.2) is 57.3 Å². The zero-order chi connectivity index (χ0) is 25.2. The number of hydrogen-bond acceptors (Lipinski definition) is 7. The van der Waals surface area contributed by atoms with Gasteiger partial charge in [0, 0.05) is 23.9 Å². The molecule has 2 heterocycles. The van der Waals surface area contributed by atoms with Gasteiger partial charge >= 0.3 is 6.18 Å². The molecule has 0 spiro atoms. The molecule has 35 heavy (non-hydrogen) atoms. The fourth-order valence-electron chi connectivity index (χ4n) is 3.45. The topological polar surface area (TPSA) is 82.5 Å². The molecule has 0 fully saturated rings. The van der Waals surface area contributed by atoms with Crippen molar-refractivity contribution in [2.24, 2.45) is 0 Å². The number of anilines is 1. The van der Waals surface area contributed by atoms with Crippen molar-refractivity contribution in [3.63, 3.8) is 0 Å². The van der Waals surface area contributed by atoms with Gasteiger partial charge in [0.2, 0.25) is 5.91 Å². The number of thioether (sulfide) groups is 2. The lowest BCUT2D eigenvalue weighted by Crippen LogP contribution is -2.24. The Labute approximate surface area is 207 Å². The number of ether oxygens (including phenoxy) is 2. The number of amides is 1. The summed E-state index contributed by atoms with van der Waals surface area (Å²) in [6, 6.07) is 9.20. The van der Waals surface area contributed by atoms with Crippen molar-refractivity contribution < 1.29 is 27.4 Å². The van der Waals surface area contributed by atoms with Crippen molar-refractivity contribution in [2.45, 2.75) is 22.6 Å². The summed E-state index contributed by atoms with van der Waals surface area (Å²) < 4.78 is 50.3. The molecule has 0 unspecified atom stereocenters. The van der Waals surface area contributed by atoms with Crippen LogP contribution in [0.2, 0.25) is 0 Å². The van der Waals surface area contributed by atoms with Gasteiger partial charge in [0.25, 0.3) is 5.56 Å². The molecule has 0 radical (unpaired) electrons. The second-order valence-electron chi connectivity index (χ2n) is 7.36. The molecule has 184 valence electrons. The molecule has 12 heteroatoms. The number of carbonyl (C=O) groups is 1. The Balaban J connectivity index is 1.59. The van der Waals surface area contributed by atoms with Crippen molar-refractivity contribution in [3.05, 3.63) is 64.1 Å². The number of rotatable bonds is 7. The van der Waals surface area contributed by atoms with Crippen molar-refractivity contribution in [3.8, 4) is 17.2 Å². The Morgan fingerprint density at radius 3 is 2.51 bits per heavy atom. The number of hydrogen-bond donors (Lipinski definition) is 1. The molecule has 0 saturated heterocycles. The SMILES string of the molecule is COc1ccc(-n2c(SCC(=O)Nc3ccc(C(F)(F)F)cc3)nc3c(c2=O)SCC3)cc1OC. The summed E-state index contributed by atoms with van der Waals surface area (Å²) in [5.41, 5.74) is 0.377. The Bertz CT molecular complexity index is 1310. The molecule has 1 aliphatic rings. The molecule has 1 aromatic heterocycles. The summed E-state index contributed by atoms with van der Waals surface area (Å²) >= 11 is 2.50. The molecule has 3 aromatic rings. The number of methoxy groups -OCH3 is 2. The van der Waals surface area contributed by atoms with Gasteiger partial charge in [-0.05, 0) is 36.4 Å². The predicted octanol–water partition coefficient (Wildman–Crippen LogP) is 4.65. The van der Waals surface area contributed by atoms with Crippen LogP contribution in [0.4, 0.5) is 18.9 Å². The standard InChI is InChI=1S/C23H20F3N3O4S2/c1-32-17-8-7-15(11-18(17)33-2)29-21(31)20-16(9-10-34-20)28-22(29)35-12-19(30)27-14-5-3-13(4-6-14)23(24,25)26/h3-8,11H,9-10,12H2,1-2H3,(H,27,30). The lowest BCUT2D eigenvalue weighted by molar-refractivity contribution is -0.137. The molecule has 0 saturated carbocycles. The van der Waals surface area contributed by atoms with E-state index in [1.807, 2.05) is 0 Å². The van der Waals surface area contributed by atoms with Gasteiger partial charge in [0.1, 0.15) is 0 Å². The van der Waals surface area contributed by atoms with E-state index in [0.717, 1.165) is 29.6 Å². The van der Waals surface area contributed by atoms with Crippen LogP contribution in [-0.4, -0.2) is 41.2 Å². The molecule has 7 nitrogen and oxygen atoms in total. The first-order valence-electron chi connectivity index (χ1n) is 10.3. The molecular formula is C23H20F3N3O4S2. The van der Waals surface area contributed by atoms with Crippen LogP contribution >= 0.6 is 23.5 Å². The summed E-state index contributed by atoms with van der Waals surface area (Å²) in [5.74, 6) is 1.12. The van der Waals surface area contributed by atoms with Crippen molar-refractivity contribution >= 4 is 35.1 Å². The van der Waals surface area contributed by atoms with Crippen LogP contribution in [0.5, 0.6) is 11.5 Å². The maximum Gasteiger partial charge on any atom is 0.416 e. The maximum atomic E-state index is 13.3. The van der Waals surface area contributed by atoms with Crippen LogP contribution in [0.25, 0.3) is 5.69 Å². The molecule has 0 atom stereocenters. The minimum atomic E-state index is -4.45. The Hall–Kier alpha value is -3.12. The first-order valence-corrected chi connectivity index (χ1v) is 12.3. The van der Waals surface area contributed by atoms with E-state index >= 15 is 0 Å². The number of halogens is 3. The Morgan fingerprint density at radius 1 is 1.14 bits per heavy atom. The quantitative estimate of drug-likeness (QED) is 0.357. The summed E-state index contributed by atoms with van der Waals surface area (Å²) in [7, 11) is 3.00. The first kappa shape index (κ1) is 25.0. The Morgan fingerprint density at radius 2 is 1.86 bits per heavy atom. The molecule has 1 N–H and O–H groups in total. The highest BCUT2D eigenvalue weighted by atomic mass is 32.2. The third kappa shape index (κ3) is 5.43. The molecule has 4 rings (SSSR count). The fraction of sp³-hybridized carbons (Fsp3) is 0.261. The summed E-state index contributed by atoms with van der Waals surface area (Å²) in [6.45, 7) is 0. The number of fused-ring (bicyclic) bond motifs is 1. The number of carbonyl (C=O) groups excluding carboxylic acids is 1.